The summed E-state index contributed by atoms with van der Waals surface area (Å²) in [4.78, 5) is 9.36. The van der Waals surface area contributed by atoms with Crippen LogP contribution in [0.15, 0.2) is 30.3 Å². The number of aliphatic hydroxyl groups is 2. The van der Waals surface area contributed by atoms with E-state index in [9.17, 15) is 10.2 Å². The van der Waals surface area contributed by atoms with Gasteiger partial charge >= 0.3 is 0 Å². The van der Waals surface area contributed by atoms with Crippen LogP contribution in [0.1, 0.15) is 18.9 Å². The highest BCUT2D eigenvalue weighted by Crippen LogP contribution is 2.39. The molecule has 0 amide bonds. The van der Waals surface area contributed by atoms with Crippen molar-refractivity contribution in [2.24, 2.45) is 0 Å². The molecule has 14 heavy (non-hydrogen) atoms. The molecule has 0 aromatic heterocycles. The molecule has 1 aromatic carbocycles. The van der Waals surface area contributed by atoms with Crippen LogP contribution in [0, 0.1) is 0 Å². The second-order valence-electron chi connectivity index (χ2n) is 3.67. The maximum Gasteiger partial charge on any atom is 0.230 e. The first kappa shape index (κ1) is 9.61. The average Bonchev–Trinajstić information content (AvgIpc) is 2.44. The molecule has 2 N–H and O–H groups in total. The number of rotatable bonds is 1. The molecule has 76 valence electrons. The van der Waals surface area contributed by atoms with Crippen molar-refractivity contribution in [1.82, 2.24) is 0 Å². The SMILES string of the molecule is CC1(O)CC(O)(c2ccccc2)OO1. The summed E-state index contributed by atoms with van der Waals surface area (Å²) in [6.45, 7) is 1.44. The van der Waals surface area contributed by atoms with Gasteiger partial charge in [0.15, 0.2) is 0 Å². The Balaban J connectivity index is 2.27. The summed E-state index contributed by atoms with van der Waals surface area (Å²) in [5.74, 6) is -2.99. The second kappa shape index (κ2) is 3.03. The van der Waals surface area contributed by atoms with E-state index >= 15 is 0 Å². The molecule has 1 aromatic rings. The third-order valence-corrected chi connectivity index (χ3v) is 2.15. The summed E-state index contributed by atoms with van der Waals surface area (Å²) in [7, 11) is 0. The second-order valence-corrected chi connectivity index (χ2v) is 3.67. The predicted molar refractivity (Wildman–Crippen MR) is 47.7 cm³/mol. The molecule has 1 saturated heterocycles. The molecule has 2 unspecified atom stereocenters. The average molecular weight is 196 g/mol. The summed E-state index contributed by atoms with van der Waals surface area (Å²) in [6.07, 6.45) is -0.00991. The Morgan fingerprint density at radius 3 is 2.29 bits per heavy atom. The Morgan fingerprint density at radius 2 is 1.79 bits per heavy atom. The van der Waals surface area contributed by atoms with Crippen LogP contribution < -0.4 is 0 Å². The summed E-state index contributed by atoms with van der Waals surface area (Å²) < 4.78 is 0. The Hall–Kier alpha value is -0.940. The number of benzene rings is 1. The highest BCUT2D eigenvalue weighted by molar-refractivity contribution is 5.20. The van der Waals surface area contributed by atoms with Crippen LogP contribution in [0.2, 0.25) is 0 Å². The van der Waals surface area contributed by atoms with E-state index in [1.165, 1.54) is 6.92 Å². The van der Waals surface area contributed by atoms with Crippen LogP contribution in [0.4, 0.5) is 0 Å². The van der Waals surface area contributed by atoms with Crippen molar-refractivity contribution >= 4 is 0 Å². The fourth-order valence-corrected chi connectivity index (χ4v) is 1.51. The van der Waals surface area contributed by atoms with Gasteiger partial charge in [0, 0.05) is 5.56 Å². The molecule has 1 aliphatic rings. The van der Waals surface area contributed by atoms with Gasteiger partial charge in [-0.1, -0.05) is 30.3 Å². The Bertz CT molecular complexity index is 322. The first-order valence-corrected chi connectivity index (χ1v) is 4.39. The molecule has 4 nitrogen and oxygen atoms in total. The van der Waals surface area contributed by atoms with Gasteiger partial charge in [-0.3, -0.25) is 0 Å². The van der Waals surface area contributed by atoms with Gasteiger partial charge in [-0.15, -0.1) is 0 Å². The molecule has 0 bridgehead atoms. The summed E-state index contributed by atoms with van der Waals surface area (Å²) in [5, 5.41) is 19.5. The van der Waals surface area contributed by atoms with Crippen LogP contribution in [0.5, 0.6) is 0 Å². The lowest BCUT2D eigenvalue weighted by atomic mass is 9.99. The Morgan fingerprint density at radius 1 is 1.14 bits per heavy atom. The van der Waals surface area contributed by atoms with Crippen LogP contribution >= 0.6 is 0 Å². The minimum atomic E-state index is -1.55. The lowest BCUT2D eigenvalue weighted by Crippen LogP contribution is -2.28. The summed E-state index contributed by atoms with van der Waals surface area (Å²) in [5.41, 5.74) is 0.567. The molecule has 4 heteroatoms. The van der Waals surface area contributed by atoms with Crippen molar-refractivity contribution in [3.8, 4) is 0 Å². The zero-order chi connectivity index (χ0) is 10.2. The highest BCUT2D eigenvalue weighted by Gasteiger charge is 2.48. The van der Waals surface area contributed by atoms with E-state index in [-0.39, 0.29) is 6.42 Å². The van der Waals surface area contributed by atoms with Crippen LogP contribution in [-0.2, 0) is 15.6 Å². The van der Waals surface area contributed by atoms with Crippen molar-refractivity contribution < 1.29 is 20.0 Å². The van der Waals surface area contributed by atoms with E-state index in [0.717, 1.165) is 0 Å². The van der Waals surface area contributed by atoms with Gasteiger partial charge in [0.2, 0.25) is 11.6 Å². The quantitative estimate of drug-likeness (QED) is 0.655. The monoisotopic (exact) mass is 196 g/mol. The van der Waals surface area contributed by atoms with E-state index in [1.54, 1.807) is 24.3 Å². The molecule has 1 fully saturated rings. The molecule has 0 radical (unpaired) electrons. The van der Waals surface area contributed by atoms with Gasteiger partial charge in [0.1, 0.15) is 0 Å². The van der Waals surface area contributed by atoms with Gasteiger partial charge in [0.05, 0.1) is 6.42 Å². The predicted octanol–water partition coefficient (Wildman–Crippen LogP) is 0.892. The first-order chi connectivity index (χ1) is 6.52. The van der Waals surface area contributed by atoms with Crippen molar-refractivity contribution in [1.29, 1.82) is 0 Å². The van der Waals surface area contributed by atoms with Crippen LogP contribution in [0.25, 0.3) is 0 Å². The molecule has 0 saturated carbocycles. The van der Waals surface area contributed by atoms with Crippen molar-refractivity contribution in [3.05, 3.63) is 35.9 Å². The zero-order valence-electron chi connectivity index (χ0n) is 7.80. The van der Waals surface area contributed by atoms with Gasteiger partial charge in [0.25, 0.3) is 0 Å². The molecule has 2 rings (SSSR count). The Labute approximate surface area is 81.6 Å². The first-order valence-electron chi connectivity index (χ1n) is 4.39. The maximum absolute atomic E-state index is 9.99. The highest BCUT2D eigenvalue weighted by atomic mass is 17.3. The third kappa shape index (κ3) is 1.65. The minimum Gasteiger partial charge on any atom is -0.363 e. The zero-order valence-corrected chi connectivity index (χ0v) is 7.80. The lowest BCUT2D eigenvalue weighted by Gasteiger charge is -2.18. The summed E-state index contributed by atoms with van der Waals surface area (Å²) in [6, 6.07) is 8.82. The molecule has 2 atom stereocenters. The van der Waals surface area contributed by atoms with Gasteiger partial charge in [-0.05, 0) is 6.92 Å². The normalized spacial score (nSPS) is 37.4. The van der Waals surface area contributed by atoms with E-state index in [4.69, 9.17) is 4.89 Å². The molecule has 1 aliphatic heterocycles. The van der Waals surface area contributed by atoms with Crippen LogP contribution in [-0.4, -0.2) is 16.0 Å². The van der Waals surface area contributed by atoms with E-state index in [0.29, 0.717) is 5.56 Å². The molecule has 0 aliphatic carbocycles. The van der Waals surface area contributed by atoms with Gasteiger partial charge < -0.3 is 10.2 Å². The summed E-state index contributed by atoms with van der Waals surface area (Å²) >= 11 is 0. The van der Waals surface area contributed by atoms with Gasteiger partial charge in [-0.25, -0.2) is 0 Å². The third-order valence-electron chi connectivity index (χ3n) is 2.15. The van der Waals surface area contributed by atoms with E-state index < -0.39 is 11.6 Å². The van der Waals surface area contributed by atoms with Crippen LogP contribution in [0.3, 0.4) is 0 Å². The molecule has 1 heterocycles. The maximum atomic E-state index is 9.99. The molecule has 0 spiro atoms. The number of hydrogen-bond donors (Lipinski definition) is 2. The van der Waals surface area contributed by atoms with Crippen molar-refractivity contribution in [2.75, 3.05) is 0 Å². The van der Waals surface area contributed by atoms with Crippen molar-refractivity contribution in [2.45, 2.75) is 24.9 Å². The fourth-order valence-electron chi connectivity index (χ4n) is 1.51. The van der Waals surface area contributed by atoms with Gasteiger partial charge in [-0.2, -0.15) is 9.78 Å². The molecular weight excluding hydrogens is 184 g/mol. The minimum absolute atomic E-state index is 0.00991. The number of hydrogen-bond acceptors (Lipinski definition) is 4. The molecular formula is C10H12O4. The smallest absolute Gasteiger partial charge is 0.230 e. The fraction of sp³-hybridized carbons (Fsp3) is 0.400. The topological polar surface area (TPSA) is 58.9 Å². The lowest BCUT2D eigenvalue weighted by molar-refractivity contribution is -0.424. The van der Waals surface area contributed by atoms with E-state index in [2.05, 4.69) is 4.89 Å². The van der Waals surface area contributed by atoms with Crippen molar-refractivity contribution in [3.63, 3.8) is 0 Å². The standard InChI is InChI=1S/C10H12O4/c1-9(11)7-10(12,14-13-9)8-5-3-2-4-6-8/h2-6,11-12H,7H2,1H3. The van der Waals surface area contributed by atoms with E-state index in [1.807, 2.05) is 6.07 Å². The Kier molecular flexibility index (Phi) is 2.08. The largest absolute Gasteiger partial charge is 0.363 e.